The lowest BCUT2D eigenvalue weighted by molar-refractivity contribution is 0.0909. The van der Waals surface area contributed by atoms with Gasteiger partial charge in [0.15, 0.2) is 0 Å². The first-order valence-corrected chi connectivity index (χ1v) is 8.13. The Morgan fingerprint density at radius 2 is 2.00 bits per heavy atom. The van der Waals surface area contributed by atoms with Gasteiger partial charge >= 0.3 is 0 Å². The van der Waals surface area contributed by atoms with Crippen molar-refractivity contribution in [3.8, 4) is 11.8 Å². The highest BCUT2D eigenvalue weighted by Crippen LogP contribution is 2.21. The molecule has 0 bridgehead atoms. The molecule has 0 radical (unpaired) electrons. The summed E-state index contributed by atoms with van der Waals surface area (Å²) in [6.45, 7) is 6.08. The third-order valence-electron chi connectivity index (χ3n) is 4.05. The number of aromatic nitrogens is 1. The first-order chi connectivity index (χ1) is 11.5. The van der Waals surface area contributed by atoms with E-state index in [1.807, 2.05) is 43.5 Å². The molecule has 1 heterocycles. The predicted molar refractivity (Wildman–Crippen MR) is 93.2 cm³/mol. The topological polar surface area (TPSA) is 78.0 Å². The number of aliphatic hydroxyl groups is 1. The third-order valence-corrected chi connectivity index (χ3v) is 4.05. The Morgan fingerprint density at radius 3 is 2.58 bits per heavy atom. The molecule has 5 heteroatoms. The molecule has 0 saturated heterocycles. The van der Waals surface area contributed by atoms with E-state index in [1.165, 1.54) is 0 Å². The quantitative estimate of drug-likeness (QED) is 0.857. The number of nitriles is 1. The second-order valence-electron chi connectivity index (χ2n) is 5.93. The molecule has 1 aromatic carbocycles. The Labute approximate surface area is 142 Å². The molecule has 0 fully saturated rings. The zero-order valence-electron chi connectivity index (χ0n) is 14.3. The van der Waals surface area contributed by atoms with Gasteiger partial charge in [0, 0.05) is 23.6 Å². The zero-order valence-corrected chi connectivity index (χ0v) is 14.3. The number of aliphatic hydroxyl groups excluding tert-OH is 1. The van der Waals surface area contributed by atoms with Crippen LogP contribution < -0.4 is 5.32 Å². The predicted octanol–water partition coefficient (Wildman–Crippen LogP) is 2.86. The molecule has 0 aliphatic heterocycles. The lowest BCUT2D eigenvalue weighted by Crippen LogP contribution is -2.32. The van der Waals surface area contributed by atoms with Crippen LogP contribution in [-0.2, 0) is 0 Å². The van der Waals surface area contributed by atoms with Crippen molar-refractivity contribution in [3.05, 3.63) is 52.8 Å². The van der Waals surface area contributed by atoms with Gasteiger partial charge < -0.3 is 15.0 Å². The number of aryl methyl sites for hydroxylation is 1. The van der Waals surface area contributed by atoms with Crippen LogP contribution in [0, 0.1) is 25.2 Å². The van der Waals surface area contributed by atoms with Gasteiger partial charge in [0.05, 0.1) is 23.3 Å². The van der Waals surface area contributed by atoms with E-state index in [0.29, 0.717) is 17.5 Å². The Morgan fingerprint density at radius 1 is 1.33 bits per heavy atom. The number of nitrogens with one attached hydrogen (secondary N) is 1. The van der Waals surface area contributed by atoms with Gasteiger partial charge in [-0.25, -0.2) is 0 Å². The zero-order chi connectivity index (χ0) is 17.7. The molecule has 0 spiro atoms. The van der Waals surface area contributed by atoms with Crippen molar-refractivity contribution in [1.29, 1.82) is 5.26 Å². The van der Waals surface area contributed by atoms with Gasteiger partial charge in [-0.3, -0.25) is 4.79 Å². The highest BCUT2D eigenvalue weighted by atomic mass is 16.3. The van der Waals surface area contributed by atoms with Gasteiger partial charge in [0.25, 0.3) is 5.91 Å². The average Bonchev–Trinajstić information content (AvgIpc) is 2.88. The van der Waals surface area contributed by atoms with E-state index in [4.69, 9.17) is 5.26 Å². The summed E-state index contributed by atoms with van der Waals surface area (Å²) in [6.07, 6.45) is 1.04. The first kappa shape index (κ1) is 17.8. The molecule has 1 amide bonds. The molecular weight excluding hydrogens is 302 g/mol. The van der Waals surface area contributed by atoms with E-state index < -0.39 is 6.10 Å². The maximum Gasteiger partial charge on any atom is 0.253 e. The maximum atomic E-state index is 12.4. The molecule has 24 heavy (non-hydrogen) atoms. The molecule has 0 saturated carbocycles. The van der Waals surface area contributed by atoms with Crippen molar-refractivity contribution < 1.29 is 9.90 Å². The van der Waals surface area contributed by atoms with E-state index in [2.05, 4.69) is 11.4 Å². The standard InChI is InChI=1S/C19H23N3O2/c1-4-5-17(23)12-21-19(24)18-10-13(2)22(14(18)3)16-8-6-15(11-20)7-9-16/h6-10,17,23H,4-5,12H2,1-3H3,(H,21,24). The van der Waals surface area contributed by atoms with Crippen LogP contribution in [0.1, 0.15) is 47.1 Å². The summed E-state index contributed by atoms with van der Waals surface area (Å²) in [5.74, 6) is -0.182. The van der Waals surface area contributed by atoms with Gasteiger partial charge in [-0.1, -0.05) is 13.3 Å². The van der Waals surface area contributed by atoms with E-state index >= 15 is 0 Å². The van der Waals surface area contributed by atoms with E-state index in [0.717, 1.165) is 23.5 Å². The minimum absolute atomic E-state index is 0.182. The molecule has 2 rings (SSSR count). The molecule has 1 atom stereocenters. The Hall–Kier alpha value is -2.58. The van der Waals surface area contributed by atoms with Crippen LogP contribution in [0.5, 0.6) is 0 Å². The molecule has 2 N–H and O–H groups in total. The fourth-order valence-electron chi connectivity index (χ4n) is 2.82. The monoisotopic (exact) mass is 325 g/mol. The van der Waals surface area contributed by atoms with Crippen LogP contribution >= 0.6 is 0 Å². The number of rotatable bonds is 6. The van der Waals surface area contributed by atoms with Crippen molar-refractivity contribution in [3.63, 3.8) is 0 Å². The van der Waals surface area contributed by atoms with Crippen LogP contribution in [0.15, 0.2) is 30.3 Å². The number of nitrogens with zero attached hydrogens (tertiary/aromatic N) is 2. The normalized spacial score (nSPS) is 11.8. The van der Waals surface area contributed by atoms with Crippen LogP contribution in [0.3, 0.4) is 0 Å². The Kier molecular flexibility index (Phi) is 5.78. The summed E-state index contributed by atoms with van der Waals surface area (Å²) < 4.78 is 1.98. The van der Waals surface area contributed by atoms with Crippen molar-refractivity contribution in [1.82, 2.24) is 9.88 Å². The van der Waals surface area contributed by atoms with Crippen LogP contribution in [0.4, 0.5) is 0 Å². The minimum atomic E-state index is -0.513. The second kappa shape index (κ2) is 7.80. The molecule has 126 valence electrons. The second-order valence-corrected chi connectivity index (χ2v) is 5.93. The average molecular weight is 325 g/mol. The Balaban J connectivity index is 2.22. The first-order valence-electron chi connectivity index (χ1n) is 8.13. The van der Waals surface area contributed by atoms with Crippen LogP contribution in [-0.4, -0.2) is 28.2 Å². The smallest absolute Gasteiger partial charge is 0.253 e. The van der Waals surface area contributed by atoms with Gasteiger partial charge in [-0.05, 0) is 50.6 Å². The molecule has 0 aliphatic rings. The molecule has 1 aromatic heterocycles. The van der Waals surface area contributed by atoms with E-state index in [9.17, 15) is 9.90 Å². The van der Waals surface area contributed by atoms with E-state index in [1.54, 1.807) is 12.1 Å². The highest BCUT2D eigenvalue weighted by Gasteiger charge is 2.17. The van der Waals surface area contributed by atoms with Gasteiger partial charge in [0.1, 0.15) is 0 Å². The van der Waals surface area contributed by atoms with Gasteiger partial charge in [0.2, 0.25) is 0 Å². The molecule has 5 nitrogen and oxygen atoms in total. The SMILES string of the molecule is CCCC(O)CNC(=O)c1cc(C)n(-c2ccc(C#N)cc2)c1C. The van der Waals surface area contributed by atoms with Crippen molar-refractivity contribution >= 4 is 5.91 Å². The number of hydrogen-bond acceptors (Lipinski definition) is 3. The summed E-state index contributed by atoms with van der Waals surface area (Å²) in [4.78, 5) is 12.4. The fraction of sp³-hybridized carbons (Fsp3) is 0.368. The largest absolute Gasteiger partial charge is 0.391 e. The number of carbonyl (C=O) groups is 1. The van der Waals surface area contributed by atoms with Crippen molar-refractivity contribution in [2.75, 3.05) is 6.54 Å². The number of carbonyl (C=O) groups excluding carboxylic acids is 1. The lowest BCUT2D eigenvalue weighted by atomic mass is 10.2. The number of amides is 1. The van der Waals surface area contributed by atoms with Crippen molar-refractivity contribution in [2.24, 2.45) is 0 Å². The van der Waals surface area contributed by atoms with Crippen LogP contribution in [0.2, 0.25) is 0 Å². The minimum Gasteiger partial charge on any atom is -0.391 e. The van der Waals surface area contributed by atoms with Crippen LogP contribution in [0.25, 0.3) is 5.69 Å². The molecule has 0 aliphatic carbocycles. The van der Waals surface area contributed by atoms with E-state index in [-0.39, 0.29) is 12.5 Å². The summed E-state index contributed by atoms with van der Waals surface area (Å²) in [6, 6.07) is 11.2. The third kappa shape index (κ3) is 3.84. The van der Waals surface area contributed by atoms with Gasteiger partial charge in [-0.2, -0.15) is 5.26 Å². The molecule has 1 unspecified atom stereocenters. The lowest BCUT2D eigenvalue weighted by Gasteiger charge is -2.12. The number of benzene rings is 1. The summed E-state index contributed by atoms with van der Waals surface area (Å²) in [5.41, 5.74) is 3.88. The highest BCUT2D eigenvalue weighted by molar-refractivity contribution is 5.95. The fourth-order valence-corrected chi connectivity index (χ4v) is 2.82. The van der Waals surface area contributed by atoms with Crippen molar-refractivity contribution in [2.45, 2.75) is 39.7 Å². The summed E-state index contributed by atoms with van der Waals surface area (Å²) in [7, 11) is 0. The summed E-state index contributed by atoms with van der Waals surface area (Å²) in [5, 5.41) is 21.4. The van der Waals surface area contributed by atoms with Gasteiger partial charge in [-0.15, -0.1) is 0 Å². The molecule has 2 aromatic rings. The Bertz CT molecular complexity index is 754. The maximum absolute atomic E-state index is 12.4. The summed E-state index contributed by atoms with van der Waals surface area (Å²) >= 11 is 0. The number of hydrogen-bond donors (Lipinski definition) is 2. The molecular formula is C19H23N3O2.